The van der Waals surface area contributed by atoms with Gasteiger partial charge < -0.3 is 20.5 Å². The van der Waals surface area contributed by atoms with Crippen LogP contribution >= 0.6 is 0 Å². The van der Waals surface area contributed by atoms with Crippen LogP contribution in [0.5, 0.6) is 0 Å². The van der Waals surface area contributed by atoms with E-state index in [1.165, 1.54) is 24.3 Å². The number of anilines is 1. The summed E-state index contributed by atoms with van der Waals surface area (Å²) in [6, 6.07) is 8.53. The van der Waals surface area contributed by atoms with Gasteiger partial charge in [-0.2, -0.15) is 0 Å². The van der Waals surface area contributed by atoms with Crippen LogP contribution in [0.25, 0.3) is 11.0 Å². The molecule has 3 aromatic rings. The molecule has 2 amide bonds. The topological polar surface area (TPSA) is 93.2 Å². The first-order valence-electron chi connectivity index (χ1n) is 12.0. The number of aromatic nitrogens is 2. The first-order valence-corrected chi connectivity index (χ1v) is 12.0. The Morgan fingerprint density at radius 1 is 1.17 bits per heavy atom. The number of carbonyl (C=O) groups is 2. The van der Waals surface area contributed by atoms with Crippen LogP contribution in [0.1, 0.15) is 44.5 Å². The van der Waals surface area contributed by atoms with Gasteiger partial charge in [0.05, 0.1) is 34.7 Å². The Bertz CT molecular complexity index is 1310. The summed E-state index contributed by atoms with van der Waals surface area (Å²) in [5.74, 6) is -0.547. The third-order valence-electron chi connectivity index (χ3n) is 7.16. The fourth-order valence-corrected chi connectivity index (χ4v) is 5.20. The number of hydrogen-bond donors (Lipinski definition) is 2. The predicted molar refractivity (Wildman–Crippen MR) is 129 cm³/mol. The lowest BCUT2D eigenvalue weighted by atomic mass is 9.98. The van der Waals surface area contributed by atoms with Gasteiger partial charge in [0.1, 0.15) is 17.5 Å². The lowest BCUT2D eigenvalue weighted by Gasteiger charge is -2.20. The third-order valence-corrected chi connectivity index (χ3v) is 7.16. The molecule has 3 N–H and O–H groups in total. The zero-order valence-electron chi connectivity index (χ0n) is 19.9. The van der Waals surface area contributed by atoms with Crippen molar-refractivity contribution in [3.63, 3.8) is 0 Å². The summed E-state index contributed by atoms with van der Waals surface area (Å²) in [6.07, 6.45) is 2.17. The Hall–Kier alpha value is -3.33. The molecule has 1 aromatic heterocycles. The second-order valence-electron chi connectivity index (χ2n) is 9.88. The van der Waals surface area contributed by atoms with Crippen molar-refractivity contribution in [2.75, 3.05) is 11.4 Å². The van der Waals surface area contributed by atoms with E-state index < -0.39 is 29.0 Å². The number of fused-ring (bicyclic) bond motifs is 3. The van der Waals surface area contributed by atoms with Crippen LogP contribution < -0.4 is 16.0 Å². The molecule has 1 atom stereocenters. The van der Waals surface area contributed by atoms with E-state index >= 15 is 0 Å². The van der Waals surface area contributed by atoms with Gasteiger partial charge in [0.2, 0.25) is 11.8 Å². The van der Waals surface area contributed by atoms with E-state index in [0.717, 1.165) is 23.9 Å². The minimum Gasteiger partial charge on any atom is -0.368 e. The number of rotatable bonds is 9. The number of primary amides is 1. The number of nitrogens with one attached hydrogen (secondary N) is 1. The summed E-state index contributed by atoms with van der Waals surface area (Å²) < 4.78 is 30.0. The first-order chi connectivity index (χ1) is 16.7. The van der Waals surface area contributed by atoms with Crippen molar-refractivity contribution in [2.24, 2.45) is 11.7 Å². The van der Waals surface area contributed by atoms with Gasteiger partial charge in [-0.05, 0) is 61.6 Å². The maximum absolute atomic E-state index is 14.1. The predicted octanol–water partition coefficient (Wildman–Crippen LogP) is 3.38. The van der Waals surface area contributed by atoms with Gasteiger partial charge in [0.25, 0.3) is 0 Å². The molecule has 1 aliphatic carbocycles. The van der Waals surface area contributed by atoms with Crippen molar-refractivity contribution in [1.82, 2.24) is 14.9 Å². The van der Waals surface area contributed by atoms with Gasteiger partial charge in [-0.3, -0.25) is 9.59 Å². The van der Waals surface area contributed by atoms with Crippen LogP contribution in [0.3, 0.4) is 0 Å². The van der Waals surface area contributed by atoms with E-state index in [2.05, 4.69) is 10.3 Å². The molecule has 5 rings (SSSR count). The number of hydrogen-bond acceptors (Lipinski definition) is 4. The van der Waals surface area contributed by atoms with Gasteiger partial charge in [-0.1, -0.05) is 19.9 Å². The smallest absolute Gasteiger partial charge is 0.238 e. The molecule has 184 valence electrons. The van der Waals surface area contributed by atoms with Crippen molar-refractivity contribution in [3.8, 4) is 0 Å². The van der Waals surface area contributed by atoms with E-state index in [0.29, 0.717) is 36.5 Å². The zero-order chi connectivity index (χ0) is 24.9. The number of aryl methyl sites for hydroxylation is 1. The largest absolute Gasteiger partial charge is 0.368 e. The molecule has 1 aliphatic heterocycles. The summed E-state index contributed by atoms with van der Waals surface area (Å²) in [7, 11) is 0. The summed E-state index contributed by atoms with van der Waals surface area (Å²) in [5, 5.41) is 3.20. The van der Waals surface area contributed by atoms with E-state index in [1.807, 2.05) is 18.4 Å². The van der Waals surface area contributed by atoms with Crippen LogP contribution in [-0.4, -0.2) is 34.0 Å². The Morgan fingerprint density at radius 2 is 1.89 bits per heavy atom. The molecule has 7 nitrogen and oxygen atoms in total. The standard InChI is InChI=1S/C26H29F2N5O2/c1-15(2)23(24(29)34)30-10-3-11-32-20-7-5-16(27)12-19(20)31-22(32)14-33-21-13-17(28)4-6-18(21)26(8-9-26)25(33)35/h4-7,12-13,15,23,30H,3,8-11,14H2,1-2H3,(H2,29,34). The number of nitrogens with two attached hydrogens (primary N) is 1. The van der Waals surface area contributed by atoms with Crippen molar-refractivity contribution < 1.29 is 18.4 Å². The highest BCUT2D eigenvalue weighted by molar-refractivity contribution is 6.10. The summed E-state index contributed by atoms with van der Waals surface area (Å²) in [5.41, 5.74) is 7.65. The molecule has 0 radical (unpaired) electrons. The number of nitrogens with zero attached hydrogens (tertiary/aromatic N) is 3. The average molecular weight is 482 g/mol. The SMILES string of the molecule is CC(C)C(NCCCn1c(CN2C(=O)C3(CC3)c3ccc(F)cc32)nc2cc(F)ccc21)C(N)=O. The monoisotopic (exact) mass is 481 g/mol. The van der Waals surface area contributed by atoms with E-state index in [1.54, 1.807) is 17.0 Å². The van der Waals surface area contributed by atoms with E-state index in [9.17, 15) is 18.4 Å². The molecule has 0 saturated heterocycles. The summed E-state index contributed by atoms with van der Waals surface area (Å²) >= 11 is 0. The number of imidazole rings is 1. The second kappa shape index (κ2) is 8.71. The number of carbonyl (C=O) groups excluding carboxylic acids is 2. The molecule has 2 aromatic carbocycles. The van der Waals surface area contributed by atoms with Gasteiger partial charge in [-0.15, -0.1) is 0 Å². The van der Waals surface area contributed by atoms with E-state index in [-0.39, 0.29) is 18.4 Å². The van der Waals surface area contributed by atoms with Gasteiger partial charge in [0.15, 0.2) is 0 Å². The molecule has 1 unspecified atom stereocenters. The highest BCUT2D eigenvalue weighted by atomic mass is 19.1. The van der Waals surface area contributed by atoms with Gasteiger partial charge >= 0.3 is 0 Å². The Balaban J connectivity index is 1.42. The molecule has 2 aliphatic rings. The van der Waals surface area contributed by atoms with Gasteiger partial charge in [-0.25, -0.2) is 13.8 Å². The Morgan fingerprint density at radius 3 is 2.57 bits per heavy atom. The first kappa shape index (κ1) is 23.4. The molecule has 1 spiro atoms. The van der Waals surface area contributed by atoms with Crippen molar-refractivity contribution in [3.05, 3.63) is 59.4 Å². The van der Waals surface area contributed by atoms with Crippen LogP contribution in [0.15, 0.2) is 36.4 Å². The molecule has 2 heterocycles. The summed E-state index contributed by atoms with van der Waals surface area (Å²) in [6.45, 7) is 5.11. The van der Waals surface area contributed by atoms with Crippen molar-refractivity contribution >= 4 is 28.5 Å². The molecular weight excluding hydrogens is 452 g/mol. The molecule has 0 bridgehead atoms. The molecule has 35 heavy (non-hydrogen) atoms. The molecule has 9 heteroatoms. The number of amides is 2. The maximum atomic E-state index is 14.1. The molecule has 1 saturated carbocycles. The van der Waals surface area contributed by atoms with Crippen molar-refractivity contribution in [1.29, 1.82) is 0 Å². The third kappa shape index (κ3) is 4.07. The van der Waals surface area contributed by atoms with Crippen LogP contribution in [0.2, 0.25) is 0 Å². The lowest BCUT2D eigenvalue weighted by Crippen LogP contribution is -2.45. The quantitative estimate of drug-likeness (QED) is 0.458. The Kier molecular flexibility index (Phi) is 5.83. The average Bonchev–Trinajstić information content (AvgIpc) is 3.49. The van der Waals surface area contributed by atoms with Crippen LogP contribution in [-0.2, 0) is 28.1 Å². The van der Waals surface area contributed by atoms with E-state index in [4.69, 9.17) is 5.73 Å². The zero-order valence-corrected chi connectivity index (χ0v) is 19.9. The molecule has 1 fully saturated rings. The fourth-order valence-electron chi connectivity index (χ4n) is 5.20. The number of benzene rings is 2. The highest BCUT2D eigenvalue weighted by Gasteiger charge is 2.59. The summed E-state index contributed by atoms with van der Waals surface area (Å²) in [4.78, 5) is 31.3. The maximum Gasteiger partial charge on any atom is 0.238 e. The van der Waals surface area contributed by atoms with Crippen LogP contribution in [0.4, 0.5) is 14.5 Å². The lowest BCUT2D eigenvalue weighted by molar-refractivity contribution is -0.121. The number of halogens is 2. The van der Waals surface area contributed by atoms with Crippen molar-refractivity contribution in [2.45, 2.75) is 57.7 Å². The normalized spacial score (nSPS) is 16.9. The van der Waals surface area contributed by atoms with Crippen LogP contribution in [0, 0.1) is 17.6 Å². The van der Waals surface area contributed by atoms with Gasteiger partial charge in [0, 0.05) is 12.6 Å². The second-order valence-corrected chi connectivity index (χ2v) is 9.88. The Labute approximate surface area is 202 Å². The highest BCUT2D eigenvalue weighted by Crippen LogP contribution is 2.57. The minimum atomic E-state index is -0.545. The molecular formula is C26H29F2N5O2. The minimum absolute atomic E-state index is 0.0363. The fraction of sp³-hybridized carbons (Fsp3) is 0.423.